The maximum atomic E-state index is 13.1. The van der Waals surface area contributed by atoms with E-state index in [9.17, 15) is 9.59 Å². The van der Waals surface area contributed by atoms with E-state index in [1.807, 2.05) is 31.2 Å². The Balaban J connectivity index is 1.72. The van der Waals surface area contributed by atoms with Crippen molar-refractivity contribution in [2.24, 2.45) is 0 Å². The summed E-state index contributed by atoms with van der Waals surface area (Å²) in [5, 5.41) is 3.22. The third-order valence-electron chi connectivity index (χ3n) is 4.23. The number of amides is 1. The Kier molecular flexibility index (Phi) is 5.06. The van der Waals surface area contributed by atoms with Crippen LogP contribution in [0.3, 0.4) is 0 Å². The molecule has 1 aromatic carbocycles. The first-order valence-electron chi connectivity index (χ1n) is 8.48. The van der Waals surface area contributed by atoms with Gasteiger partial charge in [0.15, 0.2) is 0 Å². The van der Waals surface area contributed by atoms with Crippen molar-refractivity contribution in [3.05, 3.63) is 74.7 Å². The third-order valence-corrected chi connectivity index (χ3v) is 5.78. The first kappa shape index (κ1) is 18.5. The molecular weight excluding hydrogens is 440 g/mol. The number of aromatic nitrogens is 3. The number of nitrogens with zero attached hydrogens (tertiary/aromatic N) is 3. The Morgan fingerprint density at radius 1 is 1.18 bits per heavy atom. The van der Waals surface area contributed by atoms with E-state index in [2.05, 4.69) is 31.2 Å². The third kappa shape index (κ3) is 3.61. The smallest absolute Gasteiger partial charge is 0.263 e. The number of fused-ring (bicyclic) bond motifs is 1. The van der Waals surface area contributed by atoms with Crippen molar-refractivity contribution in [1.82, 2.24) is 14.5 Å². The van der Waals surface area contributed by atoms with Crippen LogP contribution < -0.4 is 10.9 Å². The second kappa shape index (κ2) is 7.65. The predicted molar refractivity (Wildman–Crippen MR) is 115 cm³/mol. The van der Waals surface area contributed by atoms with Gasteiger partial charge in [-0.1, -0.05) is 34.1 Å². The van der Waals surface area contributed by atoms with Crippen LogP contribution in [0.4, 0.5) is 5.82 Å². The summed E-state index contributed by atoms with van der Waals surface area (Å²) in [5.41, 5.74) is 1.58. The lowest BCUT2D eigenvalue weighted by molar-refractivity contribution is -0.116. The molecule has 0 unspecified atom stereocenters. The summed E-state index contributed by atoms with van der Waals surface area (Å²) < 4.78 is 2.30. The molecule has 4 aromatic rings. The Labute approximate surface area is 173 Å². The van der Waals surface area contributed by atoms with Gasteiger partial charge in [-0.05, 0) is 36.8 Å². The fourth-order valence-electron chi connectivity index (χ4n) is 2.99. The Bertz CT molecular complexity index is 1220. The molecule has 0 fully saturated rings. The van der Waals surface area contributed by atoms with Crippen molar-refractivity contribution >= 4 is 49.2 Å². The number of rotatable bonds is 4. The Morgan fingerprint density at radius 2 is 1.96 bits per heavy atom. The van der Waals surface area contributed by atoms with Gasteiger partial charge in [0.1, 0.15) is 17.2 Å². The summed E-state index contributed by atoms with van der Waals surface area (Å²) in [6.07, 6.45) is 3.01. The molecular formula is C20H15BrN4O2S. The minimum absolute atomic E-state index is 0.132. The molecule has 140 valence electrons. The number of carbonyl (C=O) groups is 1. The van der Waals surface area contributed by atoms with Crippen LogP contribution >= 0.6 is 27.3 Å². The van der Waals surface area contributed by atoms with Crippen LogP contribution in [-0.4, -0.2) is 20.4 Å². The van der Waals surface area contributed by atoms with Crippen LogP contribution in [0, 0.1) is 6.92 Å². The molecule has 0 aliphatic carbocycles. The molecule has 0 spiro atoms. The van der Waals surface area contributed by atoms with Gasteiger partial charge in [-0.3, -0.25) is 14.2 Å². The standard InChI is InChI=1S/C20H15BrN4O2S/c1-12-17(13-5-7-14(21)8-6-13)18-19(28-12)23-11-25(20(18)27)10-16(26)24-15-4-2-3-9-22-15/h2-9,11H,10H2,1H3,(H,22,24,26). The van der Waals surface area contributed by atoms with Crippen LogP contribution in [-0.2, 0) is 11.3 Å². The molecule has 8 heteroatoms. The molecule has 0 radical (unpaired) electrons. The number of benzene rings is 1. The summed E-state index contributed by atoms with van der Waals surface area (Å²) in [7, 11) is 0. The summed E-state index contributed by atoms with van der Waals surface area (Å²) in [6.45, 7) is 1.84. The molecule has 3 aromatic heterocycles. The second-order valence-electron chi connectivity index (χ2n) is 6.16. The zero-order chi connectivity index (χ0) is 19.7. The molecule has 3 heterocycles. The van der Waals surface area contributed by atoms with E-state index in [1.165, 1.54) is 22.2 Å². The highest BCUT2D eigenvalue weighted by molar-refractivity contribution is 9.10. The number of anilines is 1. The predicted octanol–water partition coefficient (Wildman–Crippen LogP) is 4.23. The van der Waals surface area contributed by atoms with Crippen LogP contribution in [0.15, 0.2) is 64.3 Å². The number of carbonyl (C=O) groups excluding carboxylic acids is 1. The van der Waals surface area contributed by atoms with Gasteiger partial charge in [0, 0.05) is 21.1 Å². The minimum atomic E-state index is -0.334. The molecule has 1 N–H and O–H groups in total. The highest BCUT2D eigenvalue weighted by Crippen LogP contribution is 2.35. The molecule has 6 nitrogen and oxygen atoms in total. The molecule has 4 rings (SSSR count). The SMILES string of the molecule is Cc1sc2ncn(CC(=O)Nc3ccccn3)c(=O)c2c1-c1ccc(Br)cc1. The first-order chi connectivity index (χ1) is 13.5. The maximum Gasteiger partial charge on any atom is 0.263 e. The number of aryl methyl sites for hydroxylation is 1. The van der Waals surface area contributed by atoms with E-state index in [1.54, 1.807) is 24.4 Å². The number of hydrogen-bond donors (Lipinski definition) is 1. The Hall–Kier alpha value is -2.84. The van der Waals surface area contributed by atoms with E-state index in [-0.39, 0.29) is 18.0 Å². The fraction of sp³-hybridized carbons (Fsp3) is 0.100. The number of pyridine rings is 1. The van der Waals surface area contributed by atoms with Crippen molar-refractivity contribution in [3.63, 3.8) is 0 Å². The molecule has 0 aliphatic heterocycles. The van der Waals surface area contributed by atoms with Crippen LogP contribution in [0.1, 0.15) is 4.88 Å². The highest BCUT2D eigenvalue weighted by atomic mass is 79.9. The van der Waals surface area contributed by atoms with Crippen molar-refractivity contribution in [1.29, 1.82) is 0 Å². The minimum Gasteiger partial charge on any atom is -0.309 e. The van der Waals surface area contributed by atoms with E-state index in [0.717, 1.165) is 20.5 Å². The number of hydrogen-bond acceptors (Lipinski definition) is 5. The largest absolute Gasteiger partial charge is 0.309 e. The van der Waals surface area contributed by atoms with E-state index >= 15 is 0 Å². The van der Waals surface area contributed by atoms with Gasteiger partial charge in [-0.15, -0.1) is 11.3 Å². The van der Waals surface area contributed by atoms with Gasteiger partial charge in [0.2, 0.25) is 5.91 Å². The normalized spacial score (nSPS) is 10.9. The van der Waals surface area contributed by atoms with Gasteiger partial charge in [-0.25, -0.2) is 9.97 Å². The van der Waals surface area contributed by atoms with Crippen molar-refractivity contribution in [3.8, 4) is 11.1 Å². The average molecular weight is 455 g/mol. The van der Waals surface area contributed by atoms with Gasteiger partial charge in [0.25, 0.3) is 5.56 Å². The van der Waals surface area contributed by atoms with E-state index < -0.39 is 0 Å². The van der Waals surface area contributed by atoms with Crippen LogP contribution in [0.2, 0.25) is 0 Å². The lowest BCUT2D eigenvalue weighted by atomic mass is 10.0. The molecule has 0 bridgehead atoms. The highest BCUT2D eigenvalue weighted by Gasteiger charge is 2.18. The van der Waals surface area contributed by atoms with Gasteiger partial charge >= 0.3 is 0 Å². The summed E-state index contributed by atoms with van der Waals surface area (Å²) in [6, 6.07) is 13.0. The fourth-order valence-corrected chi connectivity index (χ4v) is 4.26. The summed E-state index contributed by atoms with van der Waals surface area (Å²) in [4.78, 5) is 35.6. The molecule has 0 aliphatic rings. The van der Waals surface area contributed by atoms with Crippen molar-refractivity contribution < 1.29 is 4.79 Å². The molecule has 0 atom stereocenters. The van der Waals surface area contributed by atoms with Crippen molar-refractivity contribution in [2.75, 3.05) is 5.32 Å². The average Bonchev–Trinajstić information content (AvgIpc) is 3.02. The van der Waals surface area contributed by atoms with Gasteiger partial charge in [0.05, 0.1) is 11.7 Å². The quantitative estimate of drug-likeness (QED) is 0.500. The zero-order valence-electron chi connectivity index (χ0n) is 14.8. The van der Waals surface area contributed by atoms with Crippen LogP contribution in [0.25, 0.3) is 21.3 Å². The first-order valence-corrected chi connectivity index (χ1v) is 10.1. The molecule has 0 saturated heterocycles. The topological polar surface area (TPSA) is 76.9 Å². The molecule has 1 amide bonds. The maximum absolute atomic E-state index is 13.1. The second-order valence-corrected chi connectivity index (χ2v) is 8.28. The lowest BCUT2D eigenvalue weighted by Crippen LogP contribution is -2.28. The zero-order valence-corrected chi connectivity index (χ0v) is 17.3. The van der Waals surface area contributed by atoms with E-state index in [0.29, 0.717) is 16.0 Å². The summed E-state index contributed by atoms with van der Waals surface area (Å²) >= 11 is 4.91. The molecule has 28 heavy (non-hydrogen) atoms. The molecule has 0 saturated carbocycles. The van der Waals surface area contributed by atoms with Crippen LogP contribution in [0.5, 0.6) is 0 Å². The van der Waals surface area contributed by atoms with Crippen molar-refractivity contribution in [2.45, 2.75) is 13.5 Å². The number of nitrogens with one attached hydrogen (secondary N) is 1. The van der Waals surface area contributed by atoms with Gasteiger partial charge < -0.3 is 5.32 Å². The Morgan fingerprint density at radius 3 is 2.68 bits per heavy atom. The van der Waals surface area contributed by atoms with E-state index in [4.69, 9.17) is 0 Å². The monoisotopic (exact) mass is 454 g/mol. The number of halogens is 1. The summed E-state index contributed by atoms with van der Waals surface area (Å²) in [5.74, 6) is 0.107. The lowest BCUT2D eigenvalue weighted by Gasteiger charge is -2.07. The van der Waals surface area contributed by atoms with Gasteiger partial charge in [-0.2, -0.15) is 0 Å². The number of thiophene rings is 1.